The Morgan fingerprint density at radius 3 is 2.33 bits per heavy atom. The van der Waals surface area contributed by atoms with Crippen LogP contribution in [0.25, 0.3) is 0 Å². The number of aryl methyl sites for hydroxylation is 1. The number of nitrogens with one attached hydrogen (secondary N) is 1. The molecule has 27 heavy (non-hydrogen) atoms. The van der Waals surface area contributed by atoms with Gasteiger partial charge in [0.2, 0.25) is 0 Å². The van der Waals surface area contributed by atoms with Crippen LogP contribution in [0.15, 0.2) is 73.1 Å². The van der Waals surface area contributed by atoms with Crippen molar-refractivity contribution in [3.63, 3.8) is 0 Å². The maximum atomic E-state index is 12.9. The molecule has 0 saturated carbocycles. The summed E-state index contributed by atoms with van der Waals surface area (Å²) in [7, 11) is 0. The number of carbonyl (C=O) groups is 1. The average Bonchev–Trinajstić information content (AvgIpc) is 2.73. The van der Waals surface area contributed by atoms with E-state index >= 15 is 0 Å². The molecule has 1 N–H and O–H groups in total. The minimum Gasteiger partial charge on any atom is -0.354 e. The highest BCUT2D eigenvalue weighted by molar-refractivity contribution is 5.94. The van der Waals surface area contributed by atoms with Gasteiger partial charge in [-0.3, -0.25) is 9.78 Å². The lowest BCUT2D eigenvalue weighted by Crippen LogP contribution is -2.30. The first-order chi connectivity index (χ1) is 13.2. The van der Waals surface area contributed by atoms with Crippen molar-refractivity contribution in [3.05, 3.63) is 89.7 Å². The fourth-order valence-corrected chi connectivity index (χ4v) is 2.93. The van der Waals surface area contributed by atoms with E-state index < -0.39 is 0 Å². The second-order valence-electron chi connectivity index (χ2n) is 6.44. The van der Waals surface area contributed by atoms with Crippen LogP contribution < -0.4 is 5.32 Å². The van der Waals surface area contributed by atoms with Gasteiger partial charge < -0.3 is 10.2 Å². The van der Waals surface area contributed by atoms with E-state index in [-0.39, 0.29) is 5.91 Å². The number of hydrogen-bond acceptors (Lipinski definition) is 3. The lowest BCUT2D eigenvalue weighted by molar-refractivity contribution is 0.0752. The minimum atomic E-state index is -0.0150. The first kappa shape index (κ1) is 18.6. The van der Waals surface area contributed by atoms with Gasteiger partial charge in [-0.05, 0) is 42.7 Å². The van der Waals surface area contributed by atoms with Crippen molar-refractivity contribution in [1.29, 1.82) is 0 Å². The monoisotopic (exact) mass is 359 g/mol. The van der Waals surface area contributed by atoms with Crippen molar-refractivity contribution >= 4 is 17.3 Å². The van der Waals surface area contributed by atoms with Crippen LogP contribution in [0.1, 0.15) is 35.3 Å². The first-order valence-corrected chi connectivity index (χ1v) is 9.33. The van der Waals surface area contributed by atoms with Gasteiger partial charge in [0, 0.05) is 25.0 Å². The summed E-state index contributed by atoms with van der Waals surface area (Å²) in [6.45, 7) is 5.36. The topological polar surface area (TPSA) is 45.2 Å². The zero-order valence-electron chi connectivity index (χ0n) is 15.9. The van der Waals surface area contributed by atoms with Gasteiger partial charge in [-0.2, -0.15) is 0 Å². The molecule has 4 nitrogen and oxygen atoms in total. The van der Waals surface area contributed by atoms with Crippen LogP contribution in [0.4, 0.5) is 11.4 Å². The molecule has 0 atom stereocenters. The summed E-state index contributed by atoms with van der Waals surface area (Å²) in [6, 6.07) is 20.2. The van der Waals surface area contributed by atoms with E-state index in [1.54, 1.807) is 12.4 Å². The molecule has 138 valence electrons. The molecule has 0 spiro atoms. The van der Waals surface area contributed by atoms with Crippen molar-refractivity contribution in [3.8, 4) is 0 Å². The Balaban J connectivity index is 1.73. The highest BCUT2D eigenvalue weighted by Gasteiger charge is 2.15. The predicted octanol–water partition coefficient (Wildman–Crippen LogP) is 5.05. The van der Waals surface area contributed by atoms with Crippen molar-refractivity contribution in [2.24, 2.45) is 0 Å². The second kappa shape index (κ2) is 8.99. The molecule has 0 radical (unpaired) electrons. The van der Waals surface area contributed by atoms with Gasteiger partial charge in [-0.25, -0.2) is 0 Å². The fraction of sp³-hybridized carbons (Fsp3) is 0.217. The third kappa shape index (κ3) is 4.94. The van der Waals surface area contributed by atoms with Gasteiger partial charge in [0.05, 0.1) is 17.4 Å². The summed E-state index contributed by atoms with van der Waals surface area (Å²) in [6.07, 6.45) is 4.37. The summed E-state index contributed by atoms with van der Waals surface area (Å²) in [5.74, 6) is -0.0150. The van der Waals surface area contributed by atoms with E-state index in [0.717, 1.165) is 23.4 Å². The van der Waals surface area contributed by atoms with E-state index in [9.17, 15) is 4.79 Å². The molecular weight excluding hydrogens is 334 g/mol. The van der Waals surface area contributed by atoms with Crippen LogP contribution in [0, 0.1) is 0 Å². The Morgan fingerprint density at radius 2 is 1.67 bits per heavy atom. The van der Waals surface area contributed by atoms with E-state index in [0.29, 0.717) is 18.7 Å². The summed E-state index contributed by atoms with van der Waals surface area (Å²) in [5, 5.41) is 3.32. The van der Waals surface area contributed by atoms with Crippen LogP contribution in [0.3, 0.4) is 0 Å². The number of hydrogen-bond donors (Lipinski definition) is 1. The quantitative estimate of drug-likeness (QED) is 0.642. The number of nitrogens with zero attached hydrogens (tertiary/aromatic N) is 2. The minimum absolute atomic E-state index is 0.0150. The summed E-state index contributed by atoms with van der Waals surface area (Å²) < 4.78 is 0. The van der Waals surface area contributed by atoms with E-state index in [4.69, 9.17) is 0 Å². The summed E-state index contributed by atoms with van der Waals surface area (Å²) in [5.41, 5.74) is 4.78. The second-order valence-corrected chi connectivity index (χ2v) is 6.44. The zero-order chi connectivity index (χ0) is 19.1. The number of carbonyl (C=O) groups excluding carboxylic acids is 1. The molecular formula is C23H25N3O. The summed E-state index contributed by atoms with van der Waals surface area (Å²) in [4.78, 5) is 19.0. The number of rotatable bonds is 7. The van der Waals surface area contributed by atoms with Crippen LogP contribution >= 0.6 is 0 Å². The Kier molecular flexibility index (Phi) is 6.21. The van der Waals surface area contributed by atoms with Gasteiger partial charge in [0.1, 0.15) is 0 Å². The van der Waals surface area contributed by atoms with Gasteiger partial charge >= 0.3 is 0 Å². The van der Waals surface area contributed by atoms with E-state index in [2.05, 4.69) is 29.4 Å². The molecule has 0 bridgehead atoms. The highest BCUT2D eigenvalue weighted by Crippen LogP contribution is 2.19. The van der Waals surface area contributed by atoms with Gasteiger partial charge in [-0.15, -0.1) is 0 Å². The fourth-order valence-electron chi connectivity index (χ4n) is 2.93. The van der Waals surface area contributed by atoms with E-state index in [1.807, 2.05) is 60.4 Å². The predicted molar refractivity (Wildman–Crippen MR) is 110 cm³/mol. The summed E-state index contributed by atoms with van der Waals surface area (Å²) >= 11 is 0. The SMILES string of the molecule is CCc1ccc(Nc2cncc(C(=O)N(CC)Cc3ccccc3)c2)cc1. The van der Waals surface area contributed by atoms with E-state index in [1.165, 1.54) is 5.56 Å². The molecule has 0 aliphatic heterocycles. The molecule has 3 rings (SSSR count). The molecule has 1 aromatic heterocycles. The lowest BCUT2D eigenvalue weighted by atomic mass is 10.1. The Labute approximate surface area is 160 Å². The lowest BCUT2D eigenvalue weighted by Gasteiger charge is -2.21. The molecule has 0 saturated heterocycles. The standard InChI is InChI=1S/C23H25N3O/c1-3-18-10-12-21(13-11-18)25-22-14-20(15-24-16-22)23(27)26(4-2)17-19-8-6-5-7-9-19/h5-16,25H,3-4,17H2,1-2H3. The van der Waals surface area contributed by atoms with Crippen molar-refractivity contribution in [1.82, 2.24) is 9.88 Å². The highest BCUT2D eigenvalue weighted by atomic mass is 16.2. The maximum Gasteiger partial charge on any atom is 0.255 e. The van der Waals surface area contributed by atoms with Crippen molar-refractivity contribution in [2.45, 2.75) is 26.8 Å². The van der Waals surface area contributed by atoms with Gasteiger partial charge in [0.15, 0.2) is 0 Å². The number of benzene rings is 2. The molecule has 1 amide bonds. The largest absolute Gasteiger partial charge is 0.354 e. The maximum absolute atomic E-state index is 12.9. The normalized spacial score (nSPS) is 10.4. The van der Waals surface area contributed by atoms with Crippen LogP contribution in [-0.2, 0) is 13.0 Å². The molecule has 1 heterocycles. The molecule has 3 aromatic rings. The number of amides is 1. The molecule has 0 unspecified atom stereocenters. The van der Waals surface area contributed by atoms with Crippen LogP contribution in [-0.4, -0.2) is 22.3 Å². The number of anilines is 2. The number of pyridine rings is 1. The van der Waals surface area contributed by atoms with Gasteiger partial charge in [0.25, 0.3) is 5.91 Å². The Hall–Kier alpha value is -3.14. The molecule has 0 aliphatic rings. The third-order valence-corrected chi connectivity index (χ3v) is 4.52. The Morgan fingerprint density at radius 1 is 0.926 bits per heavy atom. The average molecular weight is 359 g/mol. The van der Waals surface area contributed by atoms with Crippen molar-refractivity contribution in [2.75, 3.05) is 11.9 Å². The molecule has 0 aliphatic carbocycles. The molecule has 0 fully saturated rings. The first-order valence-electron chi connectivity index (χ1n) is 9.33. The van der Waals surface area contributed by atoms with Crippen LogP contribution in [0.5, 0.6) is 0 Å². The van der Waals surface area contributed by atoms with Crippen LogP contribution in [0.2, 0.25) is 0 Å². The third-order valence-electron chi connectivity index (χ3n) is 4.52. The van der Waals surface area contributed by atoms with Gasteiger partial charge in [-0.1, -0.05) is 49.4 Å². The zero-order valence-corrected chi connectivity index (χ0v) is 15.9. The van der Waals surface area contributed by atoms with Crippen molar-refractivity contribution < 1.29 is 4.79 Å². The smallest absolute Gasteiger partial charge is 0.255 e. The molecule has 4 heteroatoms. The molecule has 2 aromatic carbocycles. The number of aromatic nitrogens is 1. The Bertz CT molecular complexity index is 876.